The van der Waals surface area contributed by atoms with E-state index in [9.17, 15) is 27.9 Å². The molecule has 36 heavy (non-hydrogen) atoms. The number of aromatic nitrogens is 1. The Morgan fingerprint density at radius 2 is 1.89 bits per heavy atom. The first-order valence-corrected chi connectivity index (χ1v) is 11.9. The van der Waals surface area contributed by atoms with Crippen LogP contribution in [-0.2, 0) is 0 Å². The van der Waals surface area contributed by atoms with E-state index in [-0.39, 0.29) is 17.0 Å². The predicted molar refractivity (Wildman–Crippen MR) is 133 cm³/mol. The zero-order chi connectivity index (χ0) is 27.0. The van der Waals surface area contributed by atoms with Crippen LogP contribution in [0.3, 0.4) is 0 Å². The van der Waals surface area contributed by atoms with Crippen LogP contribution in [-0.4, -0.2) is 46.9 Å². The summed E-state index contributed by atoms with van der Waals surface area (Å²) in [7, 11) is 1.90. The number of fused-ring (bicyclic) bond motifs is 1. The maximum Gasteiger partial charge on any atom is 0.392 e. The molecule has 0 fully saturated rings. The van der Waals surface area contributed by atoms with Gasteiger partial charge in [0.1, 0.15) is 11.3 Å². The molecule has 1 aromatic carbocycles. The fourth-order valence-corrected chi connectivity index (χ4v) is 4.57. The maximum absolute atomic E-state index is 12.8. The highest BCUT2D eigenvalue weighted by Gasteiger charge is 2.35. The molecule has 1 aliphatic rings. The Bertz CT molecular complexity index is 1340. The summed E-state index contributed by atoms with van der Waals surface area (Å²) < 4.78 is 45.8. The number of hydrogen-bond donors (Lipinski definition) is 1. The molecule has 0 bridgehead atoms. The Hall–Kier alpha value is -3.23. The Labute approximate surface area is 208 Å². The minimum absolute atomic E-state index is 0.133. The van der Waals surface area contributed by atoms with Gasteiger partial charge in [-0.2, -0.15) is 13.2 Å². The molecule has 2 heterocycles. The first-order valence-electron chi connectivity index (χ1n) is 11.9. The molecule has 196 valence electrons. The number of pyridine rings is 1. The van der Waals surface area contributed by atoms with Gasteiger partial charge in [0.2, 0.25) is 0 Å². The van der Waals surface area contributed by atoms with Gasteiger partial charge in [0, 0.05) is 36.3 Å². The van der Waals surface area contributed by atoms with Crippen molar-refractivity contribution in [3.8, 4) is 5.75 Å². The quantitative estimate of drug-likeness (QED) is 0.660. The minimum atomic E-state index is -4.33. The number of benzene rings is 1. The van der Waals surface area contributed by atoms with E-state index in [1.165, 1.54) is 12.3 Å². The first kappa shape index (κ1) is 27.4. The highest BCUT2D eigenvalue weighted by atomic mass is 19.4. The average molecular weight is 507 g/mol. The number of nitrogens with zero attached hydrogens (tertiary/aromatic N) is 2. The van der Waals surface area contributed by atoms with Crippen LogP contribution >= 0.6 is 0 Å². The zero-order valence-corrected chi connectivity index (χ0v) is 21.5. The van der Waals surface area contributed by atoms with Crippen LogP contribution in [0.25, 0.3) is 11.3 Å². The lowest BCUT2D eigenvalue weighted by atomic mass is 9.84. The second kappa shape index (κ2) is 10.0. The van der Waals surface area contributed by atoms with Crippen LogP contribution in [0.5, 0.6) is 5.75 Å². The fourth-order valence-electron chi connectivity index (χ4n) is 4.57. The van der Waals surface area contributed by atoms with Gasteiger partial charge in [0.25, 0.3) is 0 Å². The summed E-state index contributed by atoms with van der Waals surface area (Å²) in [6.45, 7) is 10.0. The van der Waals surface area contributed by atoms with E-state index in [2.05, 4.69) is 0 Å². The van der Waals surface area contributed by atoms with Crippen molar-refractivity contribution < 1.29 is 27.8 Å². The van der Waals surface area contributed by atoms with E-state index in [0.717, 1.165) is 5.57 Å². The number of rotatable bonds is 5. The Kier molecular flexibility index (Phi) is 7.62. The molecular weight excluding hydrogens is 473 g/mol. The van der Waals surface area contributed by atoms with E-state index >= 15 is 0 Å². The van der Waals surface area contributed by atoms with Crippen LogP contribution in [0.1, 0.15) is 69.6 Å². The molecule has 0 radical (unpaired) electrons. The summed E-state index contributed by atoms with van der Waals surface area (Å²) in [5.74, 6) is -0.953. The number of ether oxygens (including phenoxy) is 1. The van der Waals surface area contributed by atoms with Crippen molar-refractivity contribution in [3.05, 3.63) is 62.4 Å². The molecule has 0 amide bonds. The molecule has 1 unspecified atom stereocenters. The molecule has 3 rings (SSSR count). The van der Waals surface area contributed by atoms with Crippen molar-refractivity contribution in [2.45, 2.75) is 59.7 Å². The molecular formula is C27H33F3N2O4. The van der Waals surface area contributed by atoms with Crippen molar-refractivity contribution in [2.24, 2.45) is 5.41 Å². The van der Waals surface area contributed by atoms with Crippen molar-refractivity contribution >= 4 is 17.2 Å². The summed E-state index contributed by atoms with van der Waals surface area (Å²) >= 11 is 0. The Morgan fingerprint density at radius 1 is 1.22 bits per heavy atom. The lowest BCUT2D eigenvalue weighted by Gasteiger charge is -2.43. The van der Waals surface area contributed by atoms with Gasteiger partial charge in [0.05, 0.1) is 30.5 Å². The normalized spacial score (nSPS) is 18.6. The molecule has 0 aliphatic carbocycles. The highest BCUT2D eigenvalue weighted by Crippen LogP contribution is 2.37. The highest BCUT2D eigenvalue weighted by molar-refractivity contribution is 5.87. The number of alkyl halides is 3. The molecule has 0 spiro atoms. The molecule has 9 heteroatoms. The number of likely N-dealkylation sites (N-methyl/N-ethyl adjacent to an activating group) is 1. The van der Waals surface area contributed by atoms with Gasteiger partial charge in [0.15, 0.2) is 5.43 Å². The van der Waals surface area contributed by atoms with E-state index in [1.54, 1.807) is 12.1 Å². The van der Waals surface area contributed by atoms with E-state index in [1.807, 2.05) is 57.2 Å². The number of hydrogen-bond acceptors (Lipinski definition) is 4. The van der Waals surface area contributed by atoms with Crippen LogP contribution in [0.2, 0.25) is 0 Å². The van der Waals surface area contributed by atoms with Crippen LogP contribution in [0.4, 0.5) is 13.2 Å². The third kappa shape index (κ3) is 5.60. The topological polar surface area (TPSA) is 71.8 Å². The summed E-state index contributed by atoms with van der Waals surface area (Å²) in [6, 6.07) is 6.43. The maximum atomic E-state index is 12.8. The molecule has 0 saturated carbocycles. The molecule has 6 nitrogen and oxygen atoms in total. The van der Waals surface area contributed by atoms with Crippen LogP contribution in [0.15, 0.2) is 35.3 Å². The van der Waals surface area contributed by atoms with Gasteiger partial charge in [-0.25, -0.2) is 4.79 Å². The summed E-state index contributed by atoms with van der Waals surface area (Å²) in [5, 5.41) is 11.0. The second-order valence-electron chi connectivity index (χ2n) is 10.3. The number of carboxylic acid groups (broad SMARTS) is 1. The molecule has 1 aliphatic heterocycles. The lowest BCUT2D eigenvalue weighted by molar-refractivity contribution is -0.139. The SMILES string of the molecule is CC/C(C)=c1/c(OCCC(F)(F)F)ccc/c1=C1\c2cc(=O)c(C(=O)O)cn2C(C(C)(C)C)CN1C. The molecule has 1 atom stereocenters. The van der Waals surface area contributed by atoms with Gasteiger partial charge in [-0.05, 0) is 24.8 Å². The number of carbonyl (C=O) groups is 1. The Morgan fingerprint density at radius 3 is 2.44 bits per heavy atom. The summed E-state index contributed by atoms with van der Waals surface area (Å²) in [5.41, 5.74) is 0.991. The summed E-state index contributed by atoms with van der Waals surface area (Å²) in [4.78, 5) is 26.6. The van der Waals surface area contributed by atoms with E-state index in [4.69, 9.17) is 4.74 Å². The number of halogens is 3. The molecule has 1 N–H and O–H groups in total. The fraction of sp³-hybridized carbons (Fsp3) is 0.481. The Balaban J connectivity index is 2.40. The van der Waals surface area contributed by atoms with Gasteiger partial charge >= 0.3 is 12.1 Å². The van der Waals surface area contributed by atoms with Crippen molar-refractivity contribution in [1.82, 2.24) is 9.47 Å². The van der Waals surface area contributed by atoms with Crippen LogP contribution < -0.4 is 20.6 Å². The zero-order valence-electron chi connectivity index (χ0n) is 21.5. The average Bonchev–Trinajstić information content (AvgIpc) is 2.76. The molecule has 2 aromatic rings. The standard InChI is InChI=1S/C27H33F3N2O4/c1-7-16(2)23-17(9-8-10-21(23)36-12-11-27(28,29)30)24-19-13-20(33)18(25(34)35)14-32(19)22(15-31(24)6)26(3,4)5/h8-10,13-14,22H,7,11-12,15H2,1-6H3,(H,34,35)/b23-16+,24-17-. The third-order valence-corrected chi connectivity index (χ3v) is 6.60. The monoisotopic (exact) mass is 506 g/mol. The van der Waals surface area contributed by atoms with E-state index in [0.29, 0.717) is 40.5 Å². The largest absolute Gasteiger partial charge is 0.493 e. The number of carboxylic acids is 1. The van der Waals surface area contributed by atoms with Crippen molar-refractivity contribution in [3.63, 3.8) is 0 Å². The molecule has 1 aromatic heterocycles. The lowest BCUT2D eigenvalue weighted by Crippen LogP contribution is -2.46. The smallest absolute Gasteiger partial charge is 0.392 e. The van der Waals surface area contributed by atoms with Gasteiger partial charge < -0.3 is 19.3 Å². The third-order valence-electron chi connectivity index (χ3n) is 6.60. The van der Waals surface area contributed by atoms with E-state index < -0.39 is 30.6 Å². The van der Waals surface area contributed by atoms with Crippen molar-refractivity contribution in [2.75, 3.05) is 20.2 Å². The first-order chi connectivity index (χ1) is 16.7. The molecule has 0 saturated heterocycles. The van der Waals surface area contributed by atoms with Gasteiger partial charge in [-0.1, -0.05) is 45.4 Å². The van der Waals surface area contributed by atoms with Crippen molar-refractivity contribution in [1.29, 1.82) is 0 Å². The van der Waals surface area contributed by atoms with Crippen LogP contribution in [0, 0.1) is 5.41 Å². The summed E-state index contributed by atoms with van der Waals surface area (Å²) in [6.07, 6.45) is -3.35. The number of aromatic carboxylic acids is 1. The van der Waals surface area contributed by atoms with Gasteiger partial charge in [-0.15, -0.1) is 0 Å². The minimum Gasteiger partial charge on any atom is -0.493 e. The second-order valence-corrected chi connectivity index (χ2v) is 10.3. The predicted octanol–water partition coefficient (Wildman–Crippen LogP) is 4.15. The van der Waals surface area contributed by atoms with Gasteiger partial charge in [-0.3, -0.25) is 4.79 Å².